The number of nitrogens with zero attached hydrogens (tertiary/aromatic N) is 2. The van der Waals surface area contributed by atoms with Gasteiger partial charge in [0, 0.05) is 23.5 Å². The molecule has 2 aromatic carbocycles. The molecule has 8 heteroatoms. The molecule has 1 aliphatic rings. The highest BCUT2D eigenvalue weighted by Gasteiger charge is 2.31. The molecule has 3 aromatic rings. The first-order valence-electron chi connectivity index (χ1n) is 12.3. The van der Waals surface area contributed by atoms with Crippen molar-refractivity contribution >= 4 is 22.8 Å². The number of unbranched alkanes of at least 4 members (excludes halogenated alkanes) is 1. The fourth-order valence-corrected chi connectivity index (χ4v) is 3.94. The number of carbonyl (C=O) groups excluding carboxylic acids is 2. The maximum atomic E-state index is 13.1. The van der Waals surface area contributed by atoms with Gasteiger partial charge in [-0.2, -0.15) is 13.2 Å². The molecule has 0 spiro atoms. The first-order valence-corrected chi connectivity index (χ1v) is 12.3. The minimum atomic E-state index is -4.43. The van der Waals surface area contributed by atoms with E-state index in [1.165, 1.54) is 12.1 Å². The van der Waals surface area contributed by atoms with Crippen LogP contribution in [-0.2, 0) is 22.1 Å². The van der Waals surface area contributed by atoms with Gasteiger partial charge >= 0.3 is 12.1 Å². The Morgan fingerprint density at radius 3 is 2.36 bits per heavy atom. The summed E-state index contributed by atoms with van der Waals surface area (Å²) >= 11 is 0. The molecule has 36 heavy (non-hydrogen) atoms. The lowest BCUT2D eigenvalue weighted by atomic mass is 10.0. The molecule has 0 saturated heterocycles. The normalized spacial score (nSPS) is 13.8. The van der Waals surface area contributed by atoms with Gasteiger partial charge in [0.2, 0.25) is 0 Å². The maximum absolute atomic E-state index is 13.1. The Bertz CT molecular complexity index is 1250. The molecular weight excluding hydrogens is 469 g/mol. The molecule has 0 unspecified atom stereocenters. The fourth-order valence-electron chi connectivity index (χ4n) is 3.94. The van der Waals surface area contributed by atoms with E-state index in [2.05, 4.69) is 0 Å². The van der Waals surface area contributed by atoms with Crippen LogP contribution in [0.5, 0.6) is 0 Å². The average molecular weight is 499 g/mol. The largest absolute Gasteiger partial charge is 0.465 e. The molecule has 0 N–H and O–H groups in total. The SMILES string of the molecule is CC(C)COC(=O)CCCCc1nc2cc(C(=O)C3CC3)ccc2nc1-c1ccc(C(F)(F)F)cc1. The summed E-state index contributed by atoms with van der Waals surface area (Å²) in [5.74, 6) is 0.202. The third kappa shape index (κ3) is 6.47. The van der Waals surface area contributed by atoms with Crippen LogP contribution in [0.15, 0.2) is 42.5 Å². The Morgan fingerprint density at radius 1 is 1.00 bits per heavy atom. The summed E-state index contributed by atoms with van der Waals surface area (Å²) in [6.45, 7) is 4.32. The molecule has 0 radical (unpaired) electrons. The number of carbonyl (C=O) groups is 2. The van der Waals surface area contributed by atoms with E-state index in [0.717, 1.165) is 25.0 Å². The van der Waals surface area contributed by atoms with Crippen LogP contribution in [0.1, 0.15) is 67.6 Å². The molecule has 1 aliphatic carbocycles. The van der Waals surface area contributed by atoms with Gasteiger partial charge in [0.05, 0.1) is 34.6 Å². The van der Waals surface area contributed by atoms with E-state index in [1.54, 1.807) is 18.2 Å². The summed E-state index contributed by atoms with van der Waals surface area (Å²) in [7, 11) is 0. The van der Waals surface area contributed by atoms with Crippen molar-refractivity contribution in [3.63, 3.8) is 0 Å². The number of aromatic nitrogens is 2. The van der Waals surface area contributed by atoms with Crippen molar-refractivity contribution in [1.29, 1.82) is 0 Å². The predicted molar refractivity (Wildman–Crippen MR) is 130 cm³/mol. The van der Waals surface area contributed by atoms with Gasteiger partial charge in [0.1, 0.15) is 0 Å². The number of esters is 1. The number of fused-ring (bicyclic) bond motifs is 1. The Labute approximate surface area is 208 Å². The average Bonchev–Trinajstić information content (AvgIpc) is 3.69. The summed E-state index contributed by atoms with van der Waals surface area (Å²) < 4.78 is 44.4. The summed E-state index contributed by atoms with van der Waals surface area (Å²) in [5, 5.41) is 0. The molecule has 1 saturated carbocycles. The second kappa shape index (κ2) is 10.8. The van der Waals surface area contributed by atoms with Crippen molar-refractivity contribution < 1.29 is 27.5 Å². The van der Waals surface area contributed by atoms with E-state index >= 15 is 0 Å². The number of hydrogen-bond donors (Lipinski definition) is 0. The number of rotatable bonds is 10. The number of halogens is 3. The van der Waals surface area contributed by atoms with Crippen LogP contribution < -0.4 is 0 Å². The third-order valence-corrected chi connectivity index (χ3v) is 6.08. The lowest BCUT2D eigenvalue weighted by Gasteiger charge is -2.12. The summed E-state index contributed by atoms with van der Waals surface area (Å²) in [6, 6.07) is 10.1. The maximum Gasteiger partial charge on any atom is 0.416 e. The number of ether oxygens (including phenoxy) is 1. The monoisotopic (exact) mass is 498 g/mol. The lowest BCUT2D eigenvalue weighted by molar-refractivity contribution is -0.144. The molecule has 0 atom stereocenters. The van der Waals surface area contributed by atoms with E-state index in [-0.39, 0.29) is 30.0 Å². The molecule has 1 fully saturated rings. The smallest absolute Gasteiger partial charge is 0.416 e. The zero-order valence-corrected chi connectivity index (χ0v) is 20.4. The van der Waals surface area contributed by atoms with E-state index in [4.69, 9.17) is 14.7 Å². The number of aryl methyl sites for hydroxylation is 1. The topological polar surface area (TPSA) is 69.2 Å². The number of benzene rings is 2. The van der Waals surface area contributed by atoms with Crippen molar-refractivity contribution in [3.05, 3.63) is 59.3 Å². The van der Waals surface area contributed by atoms with Gasteiger partial charge in [-0.05, 0) is 68.4 Å². The van der Waals surface area contributed by atoms with Gasteiger partial charge in [-0.1, -0.05) is 26.0 Å². The standard InChI is InChI=1S/C28H29F3N2O3/c1-17(2)16-36-25(34)6-4-3-5-23-26(18-9-12-21(13-10-18)28(29,30)31)33-22-14-11-20(15-24(22)32-23)27(35)19-7-8-19/h9-15,17,19H,3-8,16H2,1-2H3. The van der Waals surface area contributed by atoms with Gasteiger partial charge in [-0.15, -0.1) is 0 Å². The molecular formula is C28H29F3N2O3. The highest BCUT2D eigenvalue weighted by atomic mass is 19.4. The fraction of sp³-hybridized carbons (Fsp3) is 0.429. The predicted octanol–water partition coefficient (Wildman–Crippen LogP) is 6.82. The van der Waals surface area contributed by atoms with Crippen LogP contribution >= 0.6 is 0 Å². The van der Waals surface area contributed by atoms with Crippen LogP contribution in [0.4, 0.5) is 13.2 Å². The van der Waals surface area contributed by atoms with E-state index in [1.807, 2.05) is 13.8 Å². The Hall–Kier alpha value is -3.29. The molecule has 1 aromatic heterocycles. The Kier molecular flexibility index (Phi) is 7.71. The quantitative estimate of drug-likeness (QED) is 0.174. The van der Waals surface area contributed by atoms with Crippen molar-refractivity contribution in [2.45, 2.75) is 58.5 Å². The van der Waals surface area contributed by atoms with Gasteiger partial charge in [0.15, 0.2) is 5.78 Å². The Balaban J connectivity index is 1.59. The molecule has 0 bridgehead atoms. The molecule has 190 valence electrons. The number of ketones is 1. The first-order chi connectivity index (χ1) is 17.1. The van der Waals surface area contributed by atoms with E-state index in [0.29, 0.717) is 59.4 Å². The van der Waals surface area contributed by atoms with Gasteiger partial charge < -0.3 is 4.74 Å². The number of alkyl halides is 3. The van der Waals surface area contributed by atoms with Crippen molar-refractivity contribution in [2.24, 2.45) is 11.8 Å². The molecule has 4 rings (SSSR count). The van der Waals surface area contributed by atoms with Crippen LogP contribution in [0.3, 0.4) is 0 Å². The number of Topliss-reactive ketones (excluding diaryl/α,β-unsaturated/α-hetero) is 1. The van der Waals surface area contributed by atoms with Gasteiger partial charge in [-0.25, -0.2) is 9.97 Å². The van der Waals surface area contributed by atoms with Crippen molar-refractivity contribution in [3.8, 4) is 11.3 Å². The zero-order chi connectivity index (χ0) is 25.9. The second-order valence-electron chi connectivity index (χ2n) is 9.72. The third-order valence-electron chi connectivity index (χ3n) is 6.08. The minimum absolute atomic E-state index is 0.0803. The molecule has 0 aliphatic heterocycles. The number of hydrogen-bond acceptors (Lipinski definition) is 5. The van der Waals surface area contributed by atoms with Crippen LogP contribution in [0.25, 0.3) is 22.3 Å². The van der Waals surface area contributed by atoms with Crippen LogP contribution in [0, 0.1) is 11.8 Å². The highest BCUT2D eigenvalue weighted by Crippen LogP contribution is 2.34. The van der Waals surface area contributed by atoms with Crippen LogP contribution in [0.2, 0.25) is 0 Å². The summed E-state index contributed by atoms with van der Waals surface area (Å²) in [4.78, 5) is 33.9. The van der Waals surface area contributed by atoms with E-state index in [9.17, 15) is 22.8 Å². The molecule has 1 heterocycles. The summed E-state index contributed by atoms with van der Waals surface area (Å²) in [5.41, 5.74) is 2.66. The highest BCUT2D eigenvalue weighted by molar-refractivity contribution is 6.01. The second-order valence-corrected chi connectivity index (χ2v) is 9.72. The summed E-state index contributed by atoms with van der Waals surface area (Å²) in [6.07, 6.45) is -0.638. The Morgan fingerprint density at radius 2 is 1.72 bits per heavy atom. The lowest BCUT2D eigenvalue weighted by Crippen LogP contribution is -2.09. The molecule has 5 nitrogen and oxygen atoms in total. The van der Waals surface area contributed by atoms with Crippen LogP contribution in [-0.4, -0.2) is 28.3 Å². The zero-order valence-electron chi connectivity index (χ0n) is 20.4. The minimum Gasteiger partial charge on any atom is -0.465 e. The van der Waals surface area contributed by atoms with Crippen molar-refractivity contribution in [2.75, 3.05) is 6.61 Å². The van der Waals surface area contributed by atoms with Gasteiger partial charge in [0.25, 0.3) is 0 Å². The van der Waals surface area contributed by atoms with Gasteiger partial charge in [-0.3, -0.25) is 9.59 Å². The first kappa shape index (κ1) is 25.8. The molecule has 0 amide bonds. The van der Waals surface area contributed by atoms with E-state index < -0.39 is 11.7 Å². The van der Waals surface area contributed by atoms with Crippen molar-refractivity contribution in [1.82, 2.24) is 9.97 Å².